The Kier molecular flexibility index (Phi) is 5.92. The summed E-state index contributed by atoms with van der Waals surface area (Å²) in [4.78, 5) is 17.4. The predicted octanol–water partition coefficient (Wildman–Crippen LogP) is 3.92. The van der Waals surface area contributed by atoms with Crippen LogP contribution in [0.1, 0.15) is 46.2 Å². The van der Waals surface area contributed by atoms with Crippen LogP contribution in [-0.4, -0.2) is 21.7 Å². The number of aromatic hydroxyl groups is 1. The van der Waals surface area contributed by atoms with E-state index in [1.54, 1.807) is 6.07 Å². The molecule has 7 heteroatoms. The Labute approximate surface area is 159 Å². The third-order valence-corrected chi connectivity index (χ3v) is 5.53. The van der Waals surface area contributed by atoms with E-state index in [1.807, 2.05) is 32.0 Å². The molecule has 3 N–H and O–H groups in total. The summed E-state index contributed by atoms with van der Waals surface area (Å²) in [5.41, 5.74) is 6.88. The van der Waals surface area contributed by atoms with Gasteiger partial charge in [-0.2, -0.15) is 0 Å². The lowest BCUT2D eigenvalue weighted by Gasteiger charge is -2.22. The molecule has 0 unspecified atom stereocenters. The lowest BCUT2D eigenvalue weighted by atomic mass is 9.84. The number of phosphoric ester groups is 1. The first-order valence-electron chi connectivity index (χ1n) is 9.00. The van der Waals surface area contributed by atoms with Gasteiger partial charge in [-0.25, -0.2) is 9.09 Å². The van der Waals surface area contributed by atoms with E-state index < -0.39 is 14.6 Å². The minimum Gasteiger partial charge on any atom is -0.508 e. The maximum atomic E-state index is 10.7. The van der Waals surface area contributed by atoms with E-state index in [4.69, 9.17) is 14.5 Å². The Morgan fingerprint density at radius 3 is 2.30 bits per heavy atom. The van der Waals surface area contributed by atoms with Crippen molar-refractivity contribution in [1.82, 2.24) is 0 Å². The SMILES string of the molecule is Cc1cc(OCOP(=O)(O)O)cc(C)c1Cc1ccc(O)c2c1CCCC2. The number of rotatable bonds is 6. The number of aryl methyl sites for hydroxylation is 2. The highest BCUT2D eigenvalue weighted by atomic mass is 31.2. The maximum Gasteiger partial charge on any atom is 0.472 e. The van der Waals surface area contributed by atoms with Crippen LogP contribution in [-0.2, 0) is 28.4 Å². The Morgan fingerprint density at radius 2 is 1.67 bits per heavy atom. The third-order valence-electron chi connectivity index (χ3n) is 5.09. The number of ether oxygens (including phenoxy) is 1. The molecule has 0 radical (unpaired) electrons. The highest BCUT2D eigenvalue weighted by Crippen LogP contribution is 2.36. The molecular formula is C20H25O6P. The van der Waals surface area contributed by atoms with Gasteiger partial charge < -0.3 is 19.6 Å². The van der Waals surface area contributed by atoms with Crippen LogP contribution in [0.3, 0.4) is 0 Å². The first kappa shape index (κ1) is 19.9. The van der Waals surface area contributed by atoms with Gasteiger partial charge in [-0.1, -0.05) is 6.07 Å². The molecule has 2 aromatic rings. The van der Waals surface area contributed by atoms with E-state index in [0.717, 1.165) is 48.8 Å². The first-order valence-corrected chi connectivity index (χ1v) is 10.5. The zero-order valence-corrected chi connectivity index (χ0v) is 16.5. The van der Waals surface area contributed by atoms with Crippen LogP contribution in [0.15, 0.2) is 24.3 Å². The Hall–Kier alpha value is -1.85. The molecule has 0 fully saturated rings. The average Bonchev–Trinajstić information content (AvgIpc) is 2.59. The van der Waals surface area contributed by atoms with Crippen LogP contribution in [0.2, 0.25) is 0 Å². The van der Waals surface area contributed by atoms with Crippen molar-refractivity contribution in [3.05, 3.63) is 57.6 Å². The van der Waals surface area contributed by atoms with Crippen molar-refractivity contribution in [2.75, 3.05) is 6.79 Å². The average molecular weight is 392 g/mol. The molecule has 0 bridgehead atoms. The highest BCUT2D eigenvalue weighted by Gasteiger charge is 2.18. The van der Waals surface area contributed by atoms with Gasteiger partial charge in [-0.15, -0.1) is 0 Å². The number of phosphoric acid groups is 1. The molecule has 0 saturated heterocycles. The Bertz CT molecular complexity index is 863. The molecule has 0 spiro atoms. The molecule has 3 rings (SSSR count). The molecule has 1 aliphatic rings. The molecule has 0 aliphatic heterocycles. The second kappa shape index (κ2) is 8.03. The molecule has 0 amide bonds. The fraction of sp³-hybridized carbons (Fsp3) is 0.400. The third kappa shape index (κ3) is 4.90. The number of fused-ring (bicyclic) bond motifs is 1. The van der Waals surface area contributed by atoms with Crippen LogP contribution in [0.25, 0.3) is 0 Å². The Balaban J connectivity index is 1.81. The summed E-state index contributed by atoms with van der Waals surface area (Å²) in [5, 5.41) is 10.1. The van der Waals surface area contributed by atoms with Crippen LogP contribution in [0.4, 0.5) is 0 Å². The highest BCUT2D eigenvalue weighted by molar-refractivity contribution is 7.46. The number of phenols is 1. The predicted molar refractivity (Wildman–Crippen MR) is 102 cm³/mol. The summed E-state index contributed by atoms with van der Waals surface area (Å²) in [5.74, 6) is 0.908. The van der Waals surface area contributed by atoms with Crippen molar-refractivity contribution in [1.29, 1.82) is 0 Å². The quantitative estimate of drug-likeness (QED) is 0.509. The summed E-state index contributed by atoms with van der Waals surface area (Å²) in [6.07, 6.45) is 4.97. The van der Waals surface area contributed by atoms with Gasteiger partial charge in [-0.05, 0) is 97.5 Å². The van der Waals surface area contributed by atoms with Gasteiger partial charge in [0.25, 0.3) is 0 Å². The van der Waals surface area contributed by atoms with Crippen molar-refractivity contribution < 1.29 is 28.7 Å². The maximum absolute atomic E-state index is 10.7. The molecule has 6 nitrogen and oxygen atoms in total. The van der Waals surface area contributed by atoms with E-state index in [0.29, 0.717) is 11.5 Å². The number of hydrogen-bond acceptors (Lipinski definition) is 4. The van der Waals surface area contributed by atoms with Gasteiger partial charge in [-0.3, -0.25) is 0 Å². The van der Waals surface area contributed by atoms with Crippen molar-refractivity contribution in [2.24, 2.45) is 0 Å². The van der Waals surface area contributed by atoms with Gasteiger partial charge >= 0.3 is 7.82 Å². The summed E-state index contributed by atoms with van der Waals surface area (Å²) < 4.78 is 20.4. The number of benzene rings is 2. The van der Waals surface area contributed by atoms with E-state index in [2.05, 4.69) is 4.52 Å². The molecule has 0 atom stereocenters. The molecule has 0 aromatic heterocycles. The zero-order chi connectivity index (χ0) is 19.6. The van der Waals surface area contributed by atoms with Gasteiger partial charge in [0, 0.05) is 0 Å². The van der Waals surface area contributed by atoms with Crippen LogP contribution < -0.4 is 4.74 Å². The molecule has 2 aromatic carbocycles. The van der Waals surface area contributed by atoms with Crippen molar-refractivity contribution in [2.45, 2.75) is 46.0 Å². The lowest BCUT2D eigenvalue weighted by Crippen LogP contribution is -2.08. The van der Waals surface area contributed by atoms with E-state index in [-0.39, 0.29) is 0 Å². The van der Waals surface area contributed by atoms with Crippen LogP contribution in [0.5, 0.6) is 11.5 Å². The molecule has 27 heavy (non-hydrogen) atoms. The minimum absolute atomic E-state index is 0.399. The molecule has 146 valence electrons. The van der Waals surface area contributed by atoms with Gasteiger partial charge in [0.2, 0.25) is 0 Å². The largest absolute Gasteiger partial charge is 0.508 e. The van der Waals surface area contributed by atoms with Crippen molar-refractivity contribution in [3.8, 4) is 11.5 Å². The summed E-state index contributed by atoms with van der Waals surface area (Å²) >= 11 is 0. The molecule has 1 aliphatic carbocycles. The van der Waals surface area contributed by atoms with E-state index in [1.165, 1.54) is 16.7 Å². The second-order valence-electron chi connectivity index (χ2n) is 7.00. The van der Waals surface area contributed by atoms with E-state index in [9.17, 15) is 9.67 Å². The minimum atomic E-state index is -4.54. The Morgan fingerprint density at radius 1 is 1.04 bits per heavy atom. The standard InChI is InChI=1S/C20H25O6P/c1-13-9-16(25-12-26-27(22,23)24)10-14(2)19(13)11-15-7-8-20(21)18-6-4-3-5-17(15)18/h7-10,21H,3-6,11-12H2,1-2H3,(H2,22,23,24). The first-order chi connectivity index (χ1) is 12.7. The second-order valence-corrected chi connectivity index (χ2v) is 8.24. The van der Waals surface area contributed by atoms with E-state index >= 15 is 0 Å². The topological polar surface area (TPSA) is 96.2 Å². The smallest absolute Gasteiger partial charge is 0.472 e. The number of hydrogen-bond donors (Lipinski definition) is 3. The van der Waals surface area contributed by atoms with Crippen LogP contribution >= 0.6 is 7.82 Å². The summed E-state index contributed by atoms with van der Waals surface area (Å²) in [7, 11) is -4.54. The van der Waals surface area contributed by atoms with Gasteiger partial charge in [0.1, 0.15) is 11.5 Å². The molecule has 0 saturated carbocycles. The van der Waals surface area contributed by atoms with Gasteiger partial charge in [0.05, 0.1) is 0 Å². The zero-order valence-electron chi connectivity index (χ0n) is 15.6. The summed E-state index contributed by atoms with van der Waals surface area (Å²) in [6, 6.07) is 7.49. The molecular weight excluding hydrogens is 367 g/mol. The van der Waals surface area contributed by atoms with Crippen LogP contribution in [0, 0.1) is 13.8 Å². The van der Waals surface area contributed by atoms with Gasteiger partial charge in [0.15, 0.2) is 6.79 Å². The fourth-order valence-electron chi connectivity index (χ4n) is 3.76. The monoisotopic (exact) mass is 392 g/mol. The van der Waals surface area contributed by atoms with Crippen molar-refractivity contribution >= 4 is 7.82 Å². The summed E-state index contributed by atoms with van der Waals surface area (Å²) in [6.45, 7) is 3.48. The number of phenolic OH excluding ortho intramolecular Hbond substituents is 1. The lowest BCUT2D eigenvalue weighted by molar-refractivity contribution is 0.0828. The molecule has 0 heterocycles. The van der Waals surface area contributed by atoms with Crippen molar-refractivity contribution in [3.63, 3.8) is 0 Å². The normalized spacial score (nSPS) is 14.1. The fourth-order valence-corrected chi connectivity index (χ4v) is 3.95.